The van der Waals surface area contributed by atoms with Crippen molar-refractivity contribution in [2.24, 2.45) is 0 Å². The fraction of sp³-hybridized carbons (Fsp3) is 0.400. The van der Waals surface area contributed by atoms with Crippen molar-refractivity contribution in [3.63, 3.8) is 0 Å². The summed E-state index contributed by atoms with van der Waals surface area (Å²) in [4.78, 5) is 19.7. The van der Waals surface area contributed by atoms with Gasteiger partial charge in [0.1, 0.15) is 23.4 Å². The zero-order chi connectivity index (χ0) is 28.5. The Balaban J connectivity index is 1.91. The van der Waals surface area contributed by atoms with E-state index in [0.29, 0.717) is 22.9 Å². The minimum atomic E-state index is -2.17. The maximum atomic E-state index is 14.8. The number of ether oxygens (including phenoxy) is 2. The third kappa shape index (κ3) is 5.64. The summed E-state index contributed by atoms with van der Waals surface area (Å²) in [6, 6.07) is 11.8. The maximum absolute atomic E-state index is 14.8. The number of rotatable bonds is 8. The number of methoxy groups -OCH3 is 1. The first-order valence-corrected chi connectivity index (χ1v) is 16.0. The van der Waals surface area contributed by atoms with Gasteiger partial charge < -0.3 is 18.8 Å². The first kappa shape index (κ1) is 28.5. The molecule has 1 aliphatic heterocycles. The van der Waals surface area contributed by atoms with Gasteiger partial charge in [-0.25, -0.2) is 18.6 Å². The second-order valence-electron chi connectivity index (χ2n) is 11.2. The van der Waals surface area contributed by atoms with Crippen molar-refractivity contribution in [2.45, 2.75) is 64.3 Å². The van der Waals surface area contributed by atoms with Crippen LogP contribution in [0, 0.1) is 11.6 Å². The Morgan fingerprint density at radius 2 is 1.82 bits per heavy atom. The van der Waals surface area contributed by atoms with Crippen molar-refractivity contribution in [1.82, 2.24) is 4.98 Å². The van der Waals surface area contributed by atoms with Crippen LogP contribution in [0.2, 0.25) is 18.1 Å². The first-order valence-electron chi connectivity index (χ1n) is 13.1. The molecule has 0 amide bonds. The summed E-state index contributed by atoms with van der Waals surface area (Å²) in [5.41, 5.74) is 2.32. The summed E-state index contributed by atoms with van der Waals surface area (Å²) >= 11 is 0. The van der Waals surface area contributed by atoms with Gasteiger partial charge in [0.15, 0.2) is 0 Å². The third-order valence-corrected chi connectivity index (χ3v) is 12.0. The van der Waals surface area contributed by atoms with Gasteiger partial charge in [0.25, 0.3) is 0 Å². The Hall–Kier alpha value is -3.46. The minimum Gasteiger partial charge on any atom is -0.543 e. The fourth-order valence-corrected chi connectivity index (χ4v) is 5.75. The van der Waals surface area contributed by atoms with E-state index in [2.05, 4.69) is 38.8 Å². The molecule has 0 radical (unpaired) electrons. The molecular weight excluding hydrogens is 518 g/mol. The predicted molar refractivity (Wildman–Crippen MR) is 150 cm³/mol. The zero-order valence-corrected chi connectivity index (χ0v) is 24.5. The Kier molecular flexibility index (Phi) is 8.02. The molecule has 39 heavy (non-hydrogen) atoms. The molecule has 3 aromatic rings. The average Bonchev–Trinajstić information content (AvgIpc) is 3.18. The normalized spacial score (nSPS) is 17.1. The lowest BCUT2D eigenvalue weighted by atomic mass is 9.88. The number of hydrogen-bond donors (Lipinski definition) is 0. The molecule has 4 rings (SSSR count). The maximum Gasteiger partial charge on any atom is 0.329 e. The lowest BCUT2D eigenvalue weighted by Crippen LogP contribution is -2.43. The van der Waals surface area contributed by atoms with Gasteiger partial charge in [-0.05, 0) is 73.1 Å². The standard InChI is InChI=1S/C30H36F2N2O4Si/c1-8-37-29(35)27-26(22-10-9-15-33-28(22)36-5)23-17-21(38-39(6,7)30(2,3)4)12-14-25(23)34(27)18-19-16-20(31)11-13-24(19)32/h9-17,26-27H,8,18H2,1-7H3. The number of aromatic nitrogens is 1. The zero-order valence-electron chi connectivity index (χ0n) is 23.5. The topological polar surface area (TPSA) is 60.9 Å². The first-order chi connectivity index (χ1) is 18.4. The monoisotopic (exact) mass is 554 g/mol. The Morgan fingerprint density at radius 3 is 2.49 bits per heavy atom. The van der Waals surface area contributed by atoms with Crippen molar-refractivity contribution in [1.29, 1.82) is 0 Å². The van der Waals surface area contributed by atoms with E-state index in [9.17, 15) is 13.6 Å². The molecule has 0 aliphatic carbocycles. The number of anilines is 1. The van der Waals surface area contributed by atoms with Gasteiger partial charge in [-0.1, -0.05) is 26.8 Å². The number of fused-ring (bicyclic) bond motifs is 1. The van der Waals surface area contributed by atoms with Crippen LogP contribution in [-0.4, -0.2) is 39.0 Å². The van der Waals surface area contributed by atoms with Crippen molar-refractivity contribution in [3.05, 3.63) is 83.1 Å². The molecule has 2 unspecified atom stereocenters. The molecule has 0 saturated heterocycles. The largest absolute Gasteiger partial charge is 0.543 e. The van der Waals surface area contributed by atoms with E-state index in [0.717, 1.165) is 23.8 Å². The number of halogens is 2. The number of esters is 1. The second-order valence-corrected chi connectivity index (χ2v) is 15.9. The van der Waals surface area contributed by atoms with E-state index < -0.39 is 37.9 Å². The van der Waals surface area contributed by atoms with Gasteiger partial charge in [0.05, 0.1) is 13.7 Å². The van der Waals surface area contributed by atoms with Gasteiger partial charge in [-0.2, -0.15) is 0 Å². The molecule has 0 spiro atoms. The lowest BCUT2D eigenvalue weighted by molar-refractivity contribution is -0.144. The van der Waals surface area contributed by atoms with E-state index in [-0.39, 0.29) is 23.8 Å². The predicted octanol–water partition coefficient (Wildman–Crippen LogP) is 6.84. The molecule has 0 saturated carbocycles. The van der Waals surface area contributed by atoms with E-state index in [1.54, 1.807) is 24.1 Å². The van der Waals surface area contributed by atoms with Gasteiger partial charge in [-0.15, -0.1) is 0 Å². The van der Waals surface area contributed by atoms with Crippen LogP contribution in [0.4, 0.5) is 14.5 Å². The average molecular weight is 555 g/mol. The smallest absolute Gasteiger partial charge is 0.329 e. The van der Waals surface area contributed by atoms with Crippen molar-refractivity contribution < 1.29 is 27.5 Å². The third-order valence-electron chi connectivity index (χ3n) is 7.68. The molecule has 2 atom stereocenters. The Morgan fingerprint density at radius 1 is 1.08 bits per heavy atom. The summed E-state index contributed by atoms with van der Waals surface area (Å²) < 4.78 is 46.7. The van der Waals surface area contributed by atoms with Gasteiger partial charge in [0.2, 0.25) is 14.2 Å². The van der Waals surface area contributed by atoms with Crippen molar-refractivity contribution in [2.75, 3.05) is 18.6 Å². The quantitative estimate of drug-likeness (QED) is 0.225. The number of benzene rings is 2. The highest BCUT2D eigenvalue weighted by molar-refractivity contribution is 6.74. The molecule has 6 nitrogen and oxygen atoms in total. The highest BCUT2D eigenvalue weighted by Crippen LogP contribution is 2.49. The van der Waals surface area contributed by atoms with Crippen molar-refractivity contribution in [3.8, 4) is 11.6 Å². The molecule has 9 heteroatoms. The van der Waals surface area contributed by atoms with Crippen molar-refractivity contribution >= 4 is 20.0 Å². The minimum absolute atomic E-state index is 0.0214. The molecule has 1 aliphatic rings. The van der Waals surface area contributed by atoms with E-state index in [1.165, 1.54) is 7.11 Å². The van der Waals surface area contributed by atoms with E-state index in [4.69, 9.17) is 13.9 Å². The van der Waals surface area contributed by atoms with Crippen LogP contribution in [0.3, 0.4) is 0 Å². The molecule has 2 aromatic carbocycles. The summed E-state index contributed by atoms with van der Waals surface area (Å²) in [6.07, 6.45) is 1.62. The molecule has 2 heterocycles. The molecule has 0 bridgehead atoms. The van der Waals surface area contributed by atoms with Crippen LogP contribution in [-0.2, 0) is 16.1 Å². The van der Waals surface area contributed by atoms with Crippen LogP contribution >= 0.6 is 0 Å². The van der Waals surface area contributed by atoms with E-state index in [1.807, 2.05) is 24.3 Å². The molecule has 0 N–H and O–H groups in total. The lowest BCUT2D eigenvalue weighted by Gasteiger charge is -2.36. The number of nitrogens with zero attached hydrogens (tertiary/aromatic N) is 2. The summed E-state index contributed by atoms with van der Waals surface area (Å²) in [5, 5.41) is -0.0214. The second kappa shape index (κ2) is 11.0. The van der Waals surface area contributed by atoms with Gasteiger partial charge in [0, 0.05) is 35.5 Å². The van der Waals surface area contributed by atoms with Crippen LogP contribution in [0.15, 0.2) is 54.7 Å². The number of pyridine rings is 1. The number of hydrogen-bond acceptors (Lipinski definition) is 6. The van der Waals surface area contributed by atoms with Crippen LogP contribution in [0.5, 0.6) is 11.6 Å². The fourth-order valence-electron chi connectivity index (χ4n) is 4.72. The van der Waals surface area contributed by atoms with Gasteiger partial charge in [-0.3, -0.25) is 0 Å². The Bertz CT molecular complexity index is 1360. The Labute approximate surface area is 230 Å². The number of carbonyl (C=O) groups is 1. The summed E-state index contributed by atoms with van der Waals surface area (Å²) in [5.74, 6) is -1.08. The van der Waals surface area contributed by atoms with E-state index >= 15 is 0 Å². The van der Waals surface area contributed by atoms with Crippen LogP contribution in [0.25, 0.3) is 0 Å². The summed E-state index contributed by atoms with van der Waals surface area (Å²) in [7, 11) is -0.648. The highest BCUT2D eigenvalue weighted by atomic mass is 28.4. The van der Waals surface area contributed by atoms with Gasteiger partial charge >= 0.3 is 5.97 Å². The molecular formula is C30H36F2N2O4Si. The van der Waals surface area contributed by atoms with Crippen LogP contribution < -0.4 is 14.1 Å². The van der Waals surface area contributed by atoms with Crippen LogP contribution in [0.1, 0.15) is 50.3 Å². The summed E-state index contributed by atoms with van der Waals surface area (Å²) in [6.45, 7) is 12.7. The number of carbonyl (C=O) groups excluding carboxylic acids is 1. The molecule has 208 valence electrons. The SMILES string of the molecule is CCOC(=O)C1C(c2cccnc2OC)c2cc(O[Si](C)(C)C(C)(C)C)ccc2N1Cc1cc(F)ccc1F. The molecule has 0 fully saturated rings. The molecule has 1 aromatic heterocycles. The highest BCUT2D eigenvalue weighted by Gasteiger charge is 2.47.